The third kappa shape index (κ3) is 4.29. The molecule has 5 nitrogen and oxygen atoms in total. The van der Waals surface area contributed by atoms with E-state index < -0.39 is 0 Å². The Hall–Kier alpha value is -1.88. The van der Waals surface area contributed by atoms with Gasteiger partial charge in [-0.15, -0.1) is 0 Å². The molecule has 21 heavy (non-hydrogen) atoms. The Morgan fingerprint density at radius 3 is 2.67 bits per heavy atom. The molecule has 0 radical (unpaired) electrons. The van der Waals surface area contributed by atoms with Crippen LogP contribution in [0.1, 0.15) is 33.6 Å². The zero-order valence-corrected chi connectivity index (χ0v) is 12.8. The van der Waals surface area contributed by atoms with Gasteiger partial charge in [-0.2, -0.15) is 0 Å². The van der Waals surface area contributed by atoms with Crippen LogP contribution >= 0.6 is 0 Å². The zero-order chi connectivity index (χ0) is 15.5. The Bertz CT molecular complexity index is 535. The van der Waals surface area contributed by atoms with Crippen molar-refractivity contribution >= 4 is 23.2 Å². The zero-order valence-electron chi connectivity index (χ0n) is 12.8. The smallest absolute Gasteiger partial charge is 0.250 e. The molecule has 1 saturated heterocycles. The number of amides is 2. The molecule has 1 heterocycles. The Balaban J connectivity index is 2.06. The quantitative estimate of drug-likeness (QED) is 0.927. The minimum atomic E-state index is -0.359. The maximum Gasteiger partial charge on any atom is 0.250 e. The molecule has 2 amide bonds. The molecule has 0 atom stereocenters. The second-order valence-electron chi connectivity index (χ2n) is 6.12. The summed E-state index contributed by atoms with van der Waals surface area (Å²) in [5, 5.41) is 2.82. The van der Waals surface area contributed by atoms with Crippen molar-refractivity contribution < 1.29 is 14.3 Å². The fourth-order valence-corrected chi connectivity index (χ4v) is 2.19. The van der Waals surface area contributed by atoms with Crippen molar-refractivity contribution in [2.45, 2.75) is 39.2 Å². The Morgan fingerprint density at radius 2 is 2.05 bits per heavy atom. The molecule has 2 rings (SSSR count). The Labute approximate surface area is 125 Å². The third-order valence-corrected chi connectivity index (χ3v) is 3.18. The van der Waals surface area contributed by atoms with Crippen molar-refractivity contribution in [3.8, 4) is 0 Å². The van der Waals surface area contributed by atoms with Gasteiger partial charge in [-0.25, -0.2) is 0 Å². The lowest BCUT2D eigenvalue weighted by Crippen LogP contribution is -2.29. The van der Waals surface area contributed by atoms with E-state index in [9.17, 15) is 9.59 Å². The molecule has 0 bridgehead atoms. The van der Waals surface area contributed by atoms with Crippen LogP contribution in [-0.4, -0.2) is 30.6 Å². The summed E-state index contributed by atoms with van der Waals surface area (Å²) >= 11 is 0. The van der Waals surface area contributed by atoms with Crippen molar-refractivity contribution in [2.24, 2.45) is 0 Å². The highest BCUT2D eigenvalue weighted by molar-refractivity contribution is 6.02. The lowest BCUT2D eigenvalue weighted by atomic mass is 10.2. The molecule has 1 aromatic rings. The van der Waals surface area contributed by atoms with Crippen molar-refractivity contribution in [3.63, 3.8) is 0 Å². The van der Waals surface area contributed by atoms with Gasteiger partial charge < -0.3 is 15.0 Å². The number of ether oxygens (including phenoxy) is 1. The first-order valence-corrected chi connectivity index (χ1v) is 7.20. The third-order valence-electron chi connectivity index (χ3n) is 3.18. The molecular formula is C16H22N2O3. The first kappa shape index (κ1) is 15.5. The normalized spacial score (nSPS) is 15.4. The summed E-state index contributed by atoms with van der Waals surface area (Å²) in [7, 11) is 0. The molecule has 0 unspecified atom stereocenters. The number of hydrogen-bond donors (Lipinski definition) is 1. The first-order chi connectivity index (χ1) is 9.87. The van der Waals surface area contributed by atoms with Crippen LogP contribution < -0.4 is 10.2 Å². The van der Waals surface area contributed by atoms with Crippen LogP contribution in [0.5, 0.6) is 0 Å². The van der Waals surface area contributed by atoms with Crippen LogP contribution in [0.4, 0.5) is 11.4 Å². The molecule has 1 aliphatic heterocycles. The maximum absolute atomic E-state index is 12.0. The number of carbonyl (C=O) groups is 2. The average Bonchev–Trinajstić information content (AvgIpc) is 2.82. The SMILES string of the molecule is CC(C)(C)OCC(=O)Nc1ccccc1N1CCCC1=O. The lowest BCUT2D eigenvalue weighted by Gasteiger charge is -2.21. The number of nitrogens with one attached hydrogen (secondary N) is 1. The average molecular weight is 290 g/mol. The van der Waals surface area contributed by atoms with Gasteiger partial charge in [0.15, 0.2) is 0 Å². The minimum absolute atomic E-state index is 0.00815. The molecular weight excluding hydrogens is 268 g/mol. The number of nitrogens with zero attached hydrogens (tertiary/aromatic N) is 1. The molecule has 0 aliphatic carbocycles. The van der Waals surface area contributed by atoms with Crippen molar-refractivity contribution in [3.05, 3.63) is 24.3 Å². The van der Waals surface area contributed by atoms with Crippen LogP contribution in [0.2, 0.25) is 0 Å². The van der Waals surface area contributed by atoms with Gasteiger partial charge in [0.05, 0.1) is 17.0 Å². The molecule has 1 N–H and O–H groups in total. The number of rotatable bonds is 4. The molecule has 1 fully saturated rings. The molecule has 0 aromatic heterocycles. The molecule has 0 spiro atoms. The van der Waals surface area contributed by atoms with E-state index >= 15 is 0 Å². The number of hydrogen-bond acceptors (Lipinski definition) is 3. The highest BCUT2D eigenvalue weighted by Gasteiger charge is 2.24. The fourth-order valence-electron chi connectivity index (χ4n) is 2.19. The summed E-state index contributed by atoms with van der Waals surface area (Å²) in [6, 6.07) is 7.35. The van der Waals surface area contributed by atoms with Gasteiger partial charge in [0, 0.05) is 13.0 Å². The second-order valence-corrected chi connectivity index (χ2v) is 6.12. The number of carbonyl (C=O) groups excluding carboxylic acids is 2. The summed E-state index contributed by atoms with van der Waals surface area (Å²) in [6.07, 6.45) is 1.42. The summed E-state index contributed by atoms with van der Waals surface area (Å²) in [6.45, 7) is 6.39. The summed E-state index contributed by atoms with van der Waals surface area (Å²) in [4.78, 5) is 25.5. The van der Waals surface area contributed by atoms with Gasteiger partial charge >= 0.3 is 0 Å². The van der Waals surface area contributed by atoms with Gasteiger partial charge in [0.2, 0.25) is 11.8 Å². The predicted molar refractivity (Wildman–Crippen MR) is 82.4 cm³/mol. The van der Waals surface area contributed by atoms with Crippen LogP contribution in [-0.2, 0) is 14.3 Å². The summed E-state index contributed by atoms with van der Waals surface area (Å²) in [5.74, 6) is -0.119. The first-order valence-electron chi connectivity index (χ1n) is 7.20. The topological polar surface area (TPSA) is 58.6 Å². The molecule has 114 valence electrons. The van der Waals surface area contributed by atoms with Gasteiger partial charge in [0.1, 0.15) is 6.61 Å². The minimum Gasteiger partial charge on any atom is -0.366 e. The highest BCUT2D eigenvalue weighted by atomic mass is 16.5. The van der Waals surface area contributed by atoms with E-state index in [-0.39, 0.29) is 24.0 Å². The number of para-hydroxylation sites is 2. The number of anilines is 2. The van der Waals surface area contributed by atoms with Crippen molar-refractivity contribution in [1.82, 2.24) is 0 Å². The molecule has 1 aromatic carbocycles. The van der Waals surface area contributed by atoms with Gasteiger partial charge in [-0.05, 0) is 39.3 Å². The summed E-state index contributed by atoms with van der Waals surface area (Å²) in [5.41, 5.74) is 1.04. The summed E-state index contributed by atoms with van der Waals surface area (Å²) < 4.78 is 5.46. The van der Waals surface area contributed by atoms with Crippen LogP contribution in [0.25, 0.3) is 0 Å². The van der Waals surface area contributed by atoms with E-state index in [1.165, 1.54) is 0 Å². The standard InChI is InChI=1S/C16H22N2O3/c1-16(2,3)21-11-14(19)17-12-7-4-5-8-13(12)18-10-6-9-15(18)20/h4-5,7-8H,6,9-11H2,1-3H3,(H,17,19). The largest absolute Gasteiger partial charge is 0.366 e. The van der Waals surface area contributed by atoms with E-state index in [0.717, 1.165) is 12.1 Å². The van der Waals surface area contributed by atoms with Gasteiger partial charge in [-0.1, -0.05) is 12.1 Å². The van der Waals surface area contributed by atoms with Gasteiger partial charge in [0.25, 0.3) is 0 Å². The molecule has 5 heteroatoms. The number of benzene rings is 1. The lowest BCUT2D eigenvalue weighted by molar-refractivity contribution is -0.125. The van der Waals surface area contributed by atoms with E-state index in [4.69, 9.17) is 4.74 Å². The molecule has 1 aliphatic rings. The maximum atomic E-state index is 12.0. The van der Waals surface area contributed by atoms with Crippen LogP contribution in [0.15, 0.2) is 24.3 Å². The molecule has 0 saturated carbocycles. The predicted octanol–water partition coefficient (Wildman–Crippen LogP) is 2.57. The highest BCUT2D eigenvalue weighted by Crippen LogP contribution is 2.29. The van der Waals surface area contributed by atoms with E-state index in [0.29, 0.717) is 18.7 Å². The van der Waals surface area contributed by atoms with Crippen LogP contribution in [0.3, 0.4) is 0 Å². The van der Waals surface area contributed by atoms with Crippen molar-refractivity contribution in [1.29, 1.82) is 0 Å². The fraction of sp³-hybridized carbons (Fsp3) is 0.500. The van der Waals surface area contributed by atoms with Crippen LogP contribution in [0, 0.1) is 0 Å². The van der Waals surface area contributed by atoms with Gasteiger partial charge in [-0.3, -0.25) is 9.59 Å². The monoisotopic (exact) mass is 290 g/mol. The van der Waals surface area contributed by atoms with E-state index in [1.54, 1.807) is 11.0 Å². The van der Waals surface area contributed by atoms with E-state index in [2.05, 4.69) is 5.32 Å². The van der Waals surface area contributed by atoms with Crippen molar-refractivity contribution in [2.75, 3.05) is 23.4 Å². The van der Waals surface area contributed by atoms with E-state index in [1.807, 2.05) is 39.0 Å². The Kier molecular flexibility index (Phi) is 4.63. The second kappa shape index (κ2) is 6.26. The Morgan fingerprint density at radius 1 is 1.33 bits per heavy atom.